The van der Waals surface area contributed by atoms with E-state index in [4.69, 9.17) is 9.47 Å². The SMILES string of the molecule is COC(=O)c1ccc(N2C(=O)c3ccc(NC=C4C(=O)OC(C)(C)OC4=O)cc3C2=O)cc1. The minimum Gasteiger partial charge on any atom is -0.465 e. The summed E-state index contributed by atoms with van der Waals surface area (Å²) in [5.41, 5.74) is 0.908. The molecule has 33 heavy (non-hydrogen) atoms. The fourth-order valence-corrected chi connectivity index (χ4v) is 3.36. The van der Waals surface area contributed by atoms with Crippen molar-refractivity contribution in [3.63, 3.8) is 0 Å². The monoisotopic (exact) mass is 450 g/mol. The van der Waals surface area contributed by atoms with Gasteiger partial charge in [-0.25, -0.2) is 19.3 Å². The number of rotatable bonds is 4. The standard InChI is InChI=1S/C23H18N2O8/c1-23(2)32-21(29)17(22(30)33-23)11-24-13-6-9-15-16(10-13)19(27)25(18(15)26)14-7-4-12(5-8-14)20(28)31-3/h4-11,24H,1-3H3. The van der Waals surface area contributed by atoms with Crippen LogP contribution in [0, 0.1) is 0 Å². The molecule has 0 unspecified atom stereocenters. The van der Waals surface area contributed by atoms with E-state index in [1.165, 1.54) is 63.4 Å². The number of fused-ring (bicyclic) bond motifs is 1. The van der Waals surface area contributed by atoms with Crippen LogP contribution in [0.5, 0.6) is 0 Å². The van der Waals surface area contributed by atoms with Crippen LogP contribution in [-0.4, -0.2) is 42.6 Å². The number of carbonyl (C=O) groups excluding carboxylic acids is 5. The van der Waals surface area contributed by atoms with Gasteiger partial charge in [-0.05, 0) is 42.5 Å². The number of esters is 3. The van der Waals surface area contributed by atoms with Crippen LogP contribution in [0.25, 0.3) is 0 Å². The number of nitrogens with one attached hydrogen (secondary N) is 1. The Balaban J connectivity index is 1.56. The third-order valence-electron chi connectivity index (χ3n) is 4.93. The van der Waals surface area contributed by atoms with E-state index in [1.54, 1.807) is 0 Å². The van der Waals surface area contributed by atoms with Gasteiger partial charge in [0.2, 0.25) is 0 Å². The number of nitrogens with zero attached hydrogens (tertiary/aromatic N) is 1. The summed E-state index contributed by atoms with van der Waals surface area (Å²) in [6.45, 7) is 2.87. The molecule has 168 valence electrons. The molecule has 1 N–H and O–H groups in total. The maximum absolute atomic E-state index is 12.9. The van der Waals surface area contributed by atoms with E-state index in [9.17, 15) is 24.0 Å². The highest BCUT2D eigenvalue weighted by Gasteiger charge is 2.39. The topological polar surface area (TPSA) is 128 Å². The van der Waals surface area contributed by atoms with Crippen LogP contribution in [0.4, 0.5) is 11.4 Å². The highest BCUT2D eigenvalue weighted by atomic mass is 16.7. The second-order valence-corrected chi connectivity index (χ2v) is 7.63. The van der Waals surface area contributed by atoms with Crippen LogP contribution in [0.2, 0.25) is 0 Å². The fraction of sp³-hybridized carbons (Fsp3) is 0.174. The van der Waals surface area contributed by atoms with E-state index in [0.29, 0.717) is 11.4 Å². The van der Waals surface area contributed by atoms with Crippen molar-refractivity contribution in [2.24, 2.45) is 0 Å². The molecule has 4 rings (SSSR count). The molecule has 2 aromatic rings. The summed E-state index contributed by atoms with van der Waals surface area (Å²) in [6, 6.07) is 10.3. The van der Waals surface area contributed by atoms with E-state index < -0.39 is 35.5 Å². The van der Waals surface area contributed by atoms with Gasteiger partial charge in [0, 0.05) is 25.7 Å². The summed E-state index contributed by atoms with van der Waals surface area (Å²) < 4.78 is 14.7. The van der Waals surface area contributed by atoms with Gasteiger partial charge < -0.3 is 19.5 Å². The van der Waals surface area contributed by atoms with Gasteiger partial charge in [0.05, 0.1) is 29.5 Å². The van der Waals surface area contributed by atoms with Crippen molar-refractivity contribution in [3.05, 3.63) is 70.9 Å². The van der Waals surface area contributed by atoms with Crippen molar-refractivity contribution in [1.82, 2.24) is 0 Å². The molecule has 2 aliphatic heterocycles. The molecule has 1 saturated heterocycles. The summed E-state index contributed by atoms with van der Waals surface area (Å²) in [4.78, 5) is 62.4. The molecule has 0 aromatic heterocycles. The molecule has 2 amide bonds. The lowest BCUT2D eigenvalue weighted by Crippen LogP contribution is -2.42. The Morgan fingerprint density at radius 3 is 2.15 bits per heavy atom. The Bertz CT molecular complexity index is 1220. The lowest BCUT2D eigenvalue weighted by Gasteiger charge is -2.29. The number of ether oxygens (including phenoxy) is 3. The summed E-state index contributed by atoms with van der Waals surface area (Å²) in [5.74, 6) is -4.68. The highest BCUT2D eigenvalue weighted by molar-refractivity contribution is 6.34. The largest absolute Gasteiger partial charge is 0.465 e. The Morgan fingerprint density at radius 1 is 0.939 bits per heavy atom. The molecule has 0 radical (unpaired) electrons. The van der Waals surface area contributed by atoms with Crippen LogP contribution in [0.1, 0.15) is 44.9 Å². The van der Waals surface area contributed by atoms with Crippen molar-refractivity contribution in [3.8, 4) is 0 Å². The van der Waals surface area contributed by atoms with E-state index in [0.717, 1.165) is 11.1 Å². The number of amides is 2. The number of carbonyl (C=O) groups is 5. The third kappa shape index (κ3) is 3.93. The van der Waals surface area contributed by atoms with Gasteiger partial charge in [-0.3, -0.25) is 9.59 Å². The maximum atomic E-state index is 12.9. The van der Waals surface area contributed by atoms with Crippen molar-refractivity contribution < 1.29 is 38.2 Å². The average Bonchev–Trinajstić information content (AvgIpc) is 3.01. The fourth-order valence-electron chi connectivity index (χ4n) is 3.36. The van der Waals surface area contributed by atoms with Gasteiger partial charge >= 0.3 is 17.9 Å². The second kappa shape index (κ2) is 7.90. The zero-order chi connectivity index (χ0) is 23.9. The van der Waals surface area contributed by atoms with Crippen molar-refractivity contribution in [2.45, 2.75) is 19.6 Å². The van der Waals surface area contributed by atoms with Crippen molar-refractivity contribution in [1.29, 1.82) is 0 Å². The Labute approximate surface area is 187 Å². The number of cyclic esters (lactones) is 2. The lowest BCUT2D eigenvalue weighted by atomic mass is 10.1. The van der Waals surface area contributed by atoms with Gasteiger partial charge in [0.1, 0.15) is 0 Å². The molecule has 0 saturated carbocycles. The summed E-state index contributed by atoms with van der Waals surface area (Å²) in [6.07, 6.45) is 1.12. The Morgan fingerprint density at radius 2 is 1.55 bits per heavy atom. The van der Waals surface area contributed by atoms with Crippen LogP contribution in [0.3, 0.4) is 0 Å². The second-order valence-electron chi connectivity index (χ2n) is 7.63. The lowest BCUT2D eigenvalue weighted by molar-refractivity contribution is -0.222. The summed E-state index contributed by atoms with van der Waals surface area (Å²) in [5, 5.41) is 2.75. The van der Waals surface area contributed by atoms with Crippen LogP contribution < -0.4 is 10.2 Å². The summed E-state index contributed by atoms with van der Waals surface area (Å²) in [7, 11) is 1.25. The van der Waals surface area contributed by atoms with E-state index in [-0.39, 0.29) is 22.3 Å². The van der Waals surface area contributed by atoms with E-state index in [1.807, 2.05) is 0 Å². The van der Waals surface area contributed by atoms with Crippen LogP contribution in [0.15, 0.2) is 54.2 Å². The molecule has 0 aliphatic carbocycles. The molecule has 0 spiro atoms. The number of benzene rings is 2. The smallest absolute Gasteiger partial charge is 0.350 e. The number of methoxy groups -OCH3 is 1. The average molecular weight is 450 g/mol. The van der Waals surface area contributed by atoms with E-state index in [2.05, 4.69) is 10.1 Å². The van der Waals surface area contributed by atoms with Gasteiger partial charge in [0.15, 0.2) is 5.57 Å². The zero-order valence-electron chi connectivity index (χ0n) is 17.8. The molecule has 2 aromatic carbocycles. The molecular weight excluding hydrogens is 432 g/mol. The Hall–Kier alpha value is -4.47. The first-order valence-corrected chi connectivity index (χ1v) is 9.76. The molecule has 0 bridgehead atoms. The molecule has 10 heteroatoms. The molecule has 0 atom stereocenters. The van der Waals surface area contributed by atoms with Crippen LogP contribution in [-0.2, 0) is 23.8 Å². The number of hydrogen-bond donors (Lipinski definition) is 1. The molecule has 10 nitrogen and oxygen atoms in total. The van der Waals surface area contributed by atoms with Gasteiger partial charge in [0.25, 0.3) is 17.6 Å². The van der Waals surface area contributed by atoms with Crippen molar-refractivity contribution >= 4 is 41.1 Å². The van der Waals surface area contributed by atoms with Crippen molar-refractivity contribution in [2.75, 3.05) is 17.3 Å². The van der Waals surface area contributed by atoms with Gasteiger partial charge in [-0.15, -0.1) is 0 Å². The number of anilines is 2. The quantitative estimate of drug-likeness (QED) is 0.323. The first-order chi connectivity index (χ1) is 15.6. The first kappa shape index (κ1) is 21.8. The predicted octanol–water partition coefficient (Wildman–Crippen LogP) is 2.41. The van der Waals surface area contributed by atoms with Gasteiger partial charge in [-0.2, -0.15) is 0 Å². The maximum Gasteiger partial charge on any atom is 0.350 e. The molecule has 2 heterocycles. The highest BCUT2D eigenvalue weighted by Crippen LogP contribution is 2.31. The molecule has 2 aliphatic rings. The number of hydrogen-bond acceptors (Lipinski definition) is 9. The minimum atomic E-state index is -1.36. The first-order valence-electron chi connectivity index (χ1n) is 9.76. The number of imide groups is 1. The third-order valence-corrected chi connectivity index (χ3v) is 4.93. The molecular formula is C23H18N2O8. The van der Waals surface area contributed by atoms with Gasteiger partial charge in [-0.1, -0.05) is 0 Å². The zero-order valence-corrected chi connectivity index (χ0v) is 17.8. The normalized spacial score (nSPS) is 16.7. The van der Waals surface area contributed by atoms with Crippen LogP contribution >= 0.6 is 0 Å². The molecule has 1 fully saturated rings. The predicted molar refractivity (Wildman–Crippen MR) is 113 cm³/mol. The minimum absolute atomic E-state index is 0.135. The Kier molecular flexibility index (Phi) is 5.21. The summed E-state index contributed by atoms with van der Waals surface area (Å²) >= 11 is 0. The van der Waals surface area contributed by atoms with E-state index >= 15 is 0 Å².